The molecule has 0 radical (unpaired) electrons. The van der Waals surface area contributed by atoms with Crippen LogP contribution in [0.25, 0.3) is 11.1 Å². The molecule has 1 atom stereocenters. The summed E-state index contributed by atoms with van der Waals surface area (Å²) >= 11 is 0. The van der Waals surface area contributed by atoms with Gasteiger partial charge in [0.05, 0.1) is 11.6 Å². The maximum absolute atomic E-state index is 12.0. The van der Waals surface area contributed by atoms with Gasteiger partial charge in [-0.25, -0.2) is 4.79 Å². The summed E-state index contributed by atoms with van der Waals surface area (Å²) in [5.41, 5.74) is 2.27. The molecular formula is C15H12N2O3. The average Bonchev–Trinajstić information content (AvgIpc) is 2.82. The van der Waals surface area contributed by atoms with Crippen molar-refractivity contribution in [2.75, 3.05) is 0 Å². The fraction of sp³-hybridized carbons (Fsp3) is 0.133. The van der Waals surface area contributed by atoms with E-state index in [2.05, 4.69) is 5.18 Å². The molecule has 0 saturated heterocycles. The lowest BCUT2D eigenvalue weighted by molar-refractivity contribution is 0.490. The number of aromatic nitrogens is 1. The van der Waals surface area contributed by atoms with Gasteiger partial charge in [-0.05, 0) is 29.8 Å². The predicted octanol–water partition coefficient (Wildman–Crippen LogP) is 3.60. The Hall–Kier alpha value is -2.69. The summed E-state index contributed by atoms with van der Waals surface area (Å²) < 4.78 is 6.76. The molecule has 0 aliphatic carbocycles. The molecule has 5 heteroatoms. The number of benzene rings is 2. The van der Waals surface area contributed by atoms with E-state index in [0.717, 1.165) is 5.56 Å². The highest BCUT2D eigenvalue weighted by atomic mass is 16.4. The molecule has 20 heavy (non-hydrogen) atoms. The molecule has 1 aromatic heterocycles. The summed E-state index contributed by atoms with van der Waals surface area (Å²) in [4.78, 5) is 22.6. The molecule has 5 nitrogen and oxygen atoms in total. The molecule has 0 bridgehead atoms. The zero-order chi connectivity index (χ0) is 14.1. The van der Waals surface area contributed by atoms with Crippen LogP contribution in [0.2, 0.25) is 0 Å². The number of hydrogen-bond donors (Lipinski definition) is 0. The van der Waals surface area contributed by atoms with Crippen LogP contribution in [0.4, 0.5) is 5.69 Å². The number of hydrogen-bond acceptors (Lipinski definition) is 4. The third kappa shape index (κ3) is 1.93. The number of nitrogens with zero attached hydrogens (tertiary/aromatic N) is 2. The zero-order valence-electron chi connectivity index (χ0n) is 10.8. The highest BCUT2D eigenvalue weighted by Gasteiger charge is 2.16. The molecular weight excluding hydrogens is 256 g/mol. The van der Waals surface area contributed by atoms with Crippen molar-refractivity contribution in [1.29, 1.82) is 0 Å². The smallest absolute Gasteiger partial charge is 0.408 e. The van der Waals surface area contributed by atoms with Crippen molar-refractivity contribution in [2.24, 2.45) is 5.18 Å². The summed E-state index contributed by atoms with van der Waals surface area (Å²) in [7, 11) is 0. The molecule has 0 saturated carbocycles. The number of oxazole rings is 1. The molecule has 2 aromatic carbocycles. The summed E-state index contributed by atoms with van der Waals surface area (Å²) in [5.74, 6) is -0.445. The molecule has 100 valence electrons. The van der Waals surface area contributed by atoms with Gasteiger partial charge in [0.1, 0.15) is 5.69 Å². The zero-order valence-corrected chi connectivity index (χ0v) is 10.8. The molecule has 0 N–H and O–H groups in total. The lowest BCUT2D eigenvalue weighted by atomic mass is 10.1. The minimum absolute atomic E-state index is 0.153. The maximum atomic E-state index is 12.0. The SMILES string of the molecule is CC(c1ccccc1)n1c(=O)oc2cc(N=O)ccc21. The largest absolute Gasteiger partial charge is 0.420 e. The lowest BCUT2D eigenvalue weighted by Crippen LogP contribution is -2.19. The van der Waals surface area contributed by atoms with E-state index in [0.29, 0.717) is 11.1 Å². The first-order chi connectivity index (χ1) is 9.70. The molecule has 3 aromatic rings. The van der Waals surface area contributed by atoms with Gasteiger partial charge in [-0.3, -0.25) is 4.57 Å². The van der Waals surface area contributed by atoms with E-state index in [1.54, 1.807) is 16.7 Å². The Kier molecular flexibility index (Phi) is 2.95. The monoisotopic (exact) mass is 268 g/mol. The number of nitroso groups, excluding NO2 is 1. The van der Waals surface area contributed by atoms with E-state index < -0.39 is 5.76 Å². The van der Waals surface area contributed by atoms with Crippen molar-refractivity contribution in [3.05, 3.63) is 69.6 Å². The van der Waals surface area contributed by atoms with Gasteiger partial charge in [0.15, 0.2) is 5.58 Å². The third-order valence-electron chi connectivity index (χ3n) is 3.37. The van der Waals surface area contributed by atoms with Crippen molar-refractivity contribution in [3.8, 4) is 0 Å². The lowest BCUT2D eigenvalue weighted by Gasteiger charge is -2.12. The molecule has 3 rings (SSSR count). The minimum Gasteiger partial charge on any atom is -0.408 e. The van der Waals surface area contributed by atoms with Crippen LogP contribution in [0.3, 0.4) is 0 Å². The minimum atomic E-state index is -0.445. The first kappa shape index (κ1) is 12.3. The quantitative estimate of drug-likeness (QED) is 0.682. The van der Waals surface area contributed by atoms with Crippen LogP contribution in [-0.4, -0.2) is 4.57 Å². The van der Waals surface area contributed by atoms with E-state index in [1.165, 1.54) is 6.07 Å². The van der Waals surface area contributed by atoms with Crippen molar-refractivity contribution < 1.29 is 4.42 Å². The van der Waals surface area contributed by atoms with Gasteiger partial charge in [0.2, 0.25) is 0 Å². The van der Waals surface area contributed by atoms with Gasteiger partial charge >= 0.3 is 5.76 Å². The van der Waals surface area contributed by atoms with E-state index in [1.807, 2.05) is 37.3 Å². The summed E-state index contributed by atoms with van der Waals surface area (Å²) in [5, 5.41) is 2.84. The summed E-state index contributed by atoms with van der Waals surface area (Å²) in [6.45, 7) is 1.93. The van der Waals surface area contributed by atoms with Crippen molar-refractivity contribution in [1.82, 2.24) is 4.57 Å². The molecule has 0 fully saturated rings. The predicted molar refractivity (Wildman–Crippen MR) is 76.2 cm³/mol. The Bertz CT molecular complexity index is 818. The second kappa shape index (κ2) is 4.77. The average molecular weight is 268 g/mol. The van der Waals surface area contributed by atoms with Crippen LogP contribution in [0, 0.1) is 4.91 Å². The molecule has 0 spiro atoms. The van der Waals surface area contributed by atoms with Crippen LogP contribution in [0.5, 0.6) is 0 Å². The topological polar surface area (TPSA) is 64.6 Å². The van der Waals surface area contributed by atoms with Crippen LogP contribution < -0.4 is 5.76 Å². The standard InChI is InChI=1S/C15H12N2O3/c1-10(11-5-3-2-4-6-11)17-13-8-7-12(16-19)9-14(13)20-15(17)18/h2-10H,1H3. The first-order valence-corrected chi connectivity index (χ1v) is 6.24. The van der Waals surface area contributed by atoms with Gasteiger partial charge in [-0.15, -0.1) is 4.91 Å². The molecule has 0 aliphatic rings. The van der Waals surface area contributed by atoms with E-state index in [4.69, 9.17) is 4.42 Å². The van der Waals surface area contributed by atoms with Gasteiger partial charge in [-0.1, -0.05) is 30.3 Å². The Balaban J connectivity index is 2.19. The van der Waals surface area contributed by atoms with Crippen LogP contribution >= 0.6 is 0 Å². The molecule has 1 heterocycles. The van der Waals surface area contributed by atoms with Gasteiger partial charge in [0.25, 0.3) is 0 Å². The Labute approximate surface area is 114 Å². The highest BCUT2D eigenvalue weighted by molar-refractivity contribution is 5.77. The second-order valence-electron chi connectivity index (χ2n) is 4.57. The van der Waals surface area contributed by atoms with Gasteiger partial charge < -0.3 is 4.42 Å². The molecule has 0 amide bonds. The van der Waals surface area contributed by atoms with E-state index in [-0.39, 0.29) is 11.7 Å². The Morgan fingerprint density at radius 2 is 1.90 bits per heavy atom. The summed E-state index contributed by atoms with van der Waals surface area (Å²) in [6, 6.07) is 14.2. The maximum Gasteiger partial charge on any atom is 0.420 e. The number of rotatable bonds is 3. The van der Waals surface area contributed by atoms with Crippen LogP contribution in [0.15, 0.2) is 62.9 Å². The second-order valence-corrected chi connectivity index (χ2v) is 4.57. The molecule has 0 aliphatic heterocycles. The van der Waals surface area contributed by atoms with E-state index in [9.17, 15) is 9.70 Å². The van der Waals surface area contributed by atoms with Gasteiger partial charge in [-0.2, -0.15) is 0 Å². The van der Waals surface area contributed by atoms with Crippen molar-refractivity contribution in [3.63, 3.8) is 0 Å². The normalized spacial score (nSPS) is 12.4. The fourth-order valence-corrected chi connectivity index (χ4v) is 2.33. The van der Waals surface area contributed by atoms with E-state index >= 15 is 0 Å². The van der Waals surface area contributed by atoms with Crippen molar-refractivity contribution >= 4 is 16.8 Å². The van der Waals surface area contributed by atoms with Gasteiger partial charge in [0, 0.05) is 6.07 Å². The van der Waals surface area contributed by atoms with Crippen LogP contribution in [-0.2, 0) is 0 Å². The fourth-order valence-electron chi connectivity index (χ4n) is 2.33. The highest BCUT2D eigenvalue weighted by Crippen LogP contribution is 2.25. The first-order valence-electron chi connectivity index (χ1n) is 6.24. The number of fused-ring (bicyclic) bond motifs is 1. The Morgan fingerprint density at radius 1 is 1.15 bits per heavy atom. The Morgan fingerprint density at radius 3 is 2.60 bits per heavy atom. The summed E-state index contributed by atoms with van der Waals surface area (Å²) in [6.07, 6.45) is 0. The van der Waals surface area contributed by atoms with Crippen LogP contribution in [0.1, 0.15) is 18.5 Å². The van der Waals surface area contributed by atoms with Crippen molar-refractivity contribution in [2.45, 2.75) is 13.0 Å². The third-order valence-corrected chi connectivity index (χ3v) is 3.37. The molecule has 1 unspecified atom stereocenters.